The van der Waals surface area contributed by atoms with E-state index in [0.29, 0.717) is 0 Å². The zero-order valence-corrected chi connectivity index (χ0v) is 26.6. The van der Waals surface area contributed by atoms with Gasteiger partial charge in [-0.25, -0.2) is 14.4 Å². The molecule has 0 spiro atoms. The molecule has 4 aromatic rings. The van der Waals surface area contributed by atoms with Crippen LogP contribution in [0.2, 0.25) is 0 Å². The Bertz CT molecular complexity index is 2090. The zero-order valence-electron chi connectivity index (χ0n) is 26.6. The fourth-order valence-corrected chi connectivity index (χ4v) is 5.49. The van der Waals surface area contributed by atoms with Gasteiger partial charge in [0.05, 0.1) is 0 Å². The van der Waals surface area contributed by atoms with Crippen molar-refractivity contribution in [3.8, 4) is 46.0 Å². The van der Waals surface area contributed by atoms with Gasteiger partial charge in [-0.05, 0) is 70.8 Å². The third-order valence-electron chi connectivity index (χ3n) is 8.04. The van der Waals surface area contributed by atoms with Crippen LogP contribution in [-0.4, -0.2) is 82.0 Å². The number of hydrogen-bond donors (Lipinski definition) is 9. The van der Waals surface area contributed by atoms with Crippen molar-refractivity contribution in [1.29, 1.82) is 0 Å². The molecule has 9 N–H and O–H groups in total. The Labute approximate surface area is 292 Å². The van der Waals surface area contributed by atoms with Crippen molar-refractivity contribution in [2.24, 2.45) is 0 Å². The molecule has 52 heavy (non-hydrogen) atoms. The number of rotatable bonds is 12. The summed E-state index contributed by atoms with van der Waals surface area (Å²) in [4.78, 5) is 50.9. The van der Waals surface area contributed by atoms with Gasteiger partial charge in [-0.1, -0.05) is 24.3 Å². The minimum absolute atomic E-state index is 0.0443. The minimum atomic E-state index is -1.84. The Morgan fingerprint density at radius 3 is 1.65 bits per heavy atom. The Morgan fingerprint density at radius 2 is 1.13 bits per heavy atom. The number of benzene rings is 4. The predicted molar refractivity (Wildman–Crippen MR) is 175 cm³/mol. The number of esters is 2. The number of aromatic hydroxyl groups is 7. The molecule has 5 rings (SSSR count). The quantitative estimate of drug-likeness (QED) is 0.0577. The van der Waals surface area contributed by atoms with Gasteiger partial charge in [-0.3, -0.25) is 4.79 Å². The van der Waals surface area contributed by atoms with Crippen LogP contribution in [0.1, 0.15) is 39.8 Å². The first-order valence-corrected chi connectivity index (χ1v) is 15.2. The average molecular weight is 719 g/mol. The lowest BCUT2D eigenvalue weighted by molar-refractivity contribution is -0.166. The second-order valence-corrected chi connectivity index (χ2v) is 11.6. The molecule has 270 valence electrons. The highest BCUT2D eigenvalue weighted by Gasteiger charge is 2.46. The van der Waals surface area contributed by atoms with Crippen LogP contribution < -0.4 is 4.74 Å². The maximum absolute atomic E-state index is 13.9. The van der Waals surface area contributed by atoms with E-state index in [1.807, 2.05) is 0 Å². The third kappa shape index (κ3) is 7.86. The zero-order chi connectivity index (χ0) is 37.9. The molecule has 1 aliphatic rings. The van der Waals surface area contributed by atoms with E-state index in [0.717, 1.165) is 54.6 Å². The summed E-state index contributed by atoms with van der Waals surface area (Å²) in [5, 5.41) is 89.1. The summed E-state index contributed by atoms with van der Waals surface area (Å²) in [5.74, 6) is -10.8. The summed E-state index contributed by atoms with van der Waals surface area (Å²) >= 11 is 0. The fraction of sp³-hybridized carbons (Fsp3) is 0.167. The third-order valence-corrected chi connectivity index (χ3v) is 8.04. The van der Waals surface area contributed by atoms with Gasteiger partial charge in [0.15, 0.2) is 46.0 Å². The van der Waals surface area contributed by atoms with Gasteiger partial charge >= 0.3 is 23.9 Å². The molecule has 0 saturated carbocycles. The molecule has 1 heterocycles. The summed E-state index contributed by atoms with van der Waals surface area (Å²) in [6.45, 7) is 0. The molecule has 4 atom stereocenters. The van der Waals surface area contributed by atoms with Crippen LogP contribution in [0, 0.1) is 0 Å². The highest BCUT2D eigenvalue weighted by molar-refractivity contribution is 5.92. The van der Waals surface area contributed by atoms with Gasteiger partial charge in [-0.2, -0.15) is 0 Å². The number of carboxylic acid groups (broad SMARTS) is 2. The molecule has 16 nitrogen and oxygen atoms in total. The highest BCUT2D eigenvalue weighted by atomic mass is 16.6. The molecule has 4 aromatic carbocycles. The normalized spacial score (nSPS) is 16.0. The van der Waals surface area contributed by atoms with Crippen molar-refractivity contribution in [2.45, 2.75) is 37.1 Å². The summed E-state index contributed by atoms with van der Waals surface area (Å²) < 4.78 is 16.5. The van der Waals surface area contributed by atoms with Gasteiger partial charge in [0.1, 0.15) is 12.0 Å². The second kappa shape index (κ2) is 14.8. The molecule has 0 aliphatic carbocycles. The first-order chi connectivity index (χ1) is 24.6. The predicted octanol–water partition coefficient (Wildman–Crippen LogP) is 3.33. The smallest absolute Gasteiger partial charge is 0.345 e. The van der Waals surface area contributed by atoms with Crippen molar-refractivity contribution in [1.82, 2.24) is 0 Å². The van der Waals surface area contributed by atoms with E-state index in [2.05, 4.69) is 0 Å². The Hall–Kier alpha value is -7.10. The number of ether oxygens (including phenoxy) is 3. The average Bonchev–Trinajstić information content (AvgIpc) is 3.50. The summed E-state index contributed by atoms with van der Waals surface area (Å²) in [6.07, 6.45) is -3.85. The largest absolute Gasteiger partial charge is 0.504 e. The molecule has 0 saturated heterocycles. The highest BCUT2D eigenvalue weighted by Crippen LogP contribution is 2.53. The standard InChI is InChI=1S/C36H30O16/c37-20-6-1-16(11-24(20)41)13-27(34(45)46)50-29(44)10-5-18-3-9-23(40)33-30(18)31(32(52-33)19-4-8-22(39)26(43)15-19)36(49)51-28(35(47)48)14-17-2-7-21(38)25(42)12-17/h1-12,15,27-28,31-32,37-43H,13-14H2,(H,45,46)(H,47,48)/b10-5-/t27-,28+,31-,32+/m0/s1. The number of phenols is 7. The Morgan fingerprint density at radius 1 is 0.635 bits per heavy atom. The molecule has 0 bridgehead atoms. The Balaban J connectivity index is 1.47. The van der Waals surface area contributed by atoms with Crippen molar-refractivity contribution in [2.75, 3.05) is 0 Å². The molecular weight excluding hydrogens is 688 g/mol. The maximum Gasteiger partial charge on any atom is 0.345 e. The van der Waals surface area contributed by atoms with Gasteiger partial charge in [0.2, 0.25) is 12.2 Å². The SMILES string of the molecule is O=C(/C=C\c1ccc(O)c2c1[C@H](C(=O)O[C@H](Cc1ccc(O)c(O)c1)C(=O)O)[C@@H](c1ccc(O)c(O)c1)O2)O[C@@H](Cc1ccc(O)c(O)c1)C(=O)O. The van der Waals surface area contributed by atoms with E-state index < -0.39 is 94.8 Å². The number of fused-ring (bicyclic) bond motifs is 1. The van der Waals surface area contributed by atoms with Crippen LogP contribution in [0.4, 0.5) is 0 Å². The van der Waals surface area contributed by atoms with E-state index in [4.69, 9.17) is 14.2 Å². The van der Waals surface area contributed by atoms with Gasteiger partial charge < -0.3 is 60.2 Å². The molecule has 16 heteroatoms. The molecule has 0 aromatic heterocycles. The minimum Gasteiger partial charge on any atom is -0.504 e. The van der Waals surface area contributed by atoms with Crippen LogP contribution in [0.25, 0.3) is 6.08 Å². The number of carbonyl (C=O) groups excluding carboxylic acids is 2. The van der Waals surface area contributed by atoms with E-state index in [1.165, 1.54) is 24.3 Å². The van der Waals surface area contributed by atoms with Crippen LogP contribution in [0.15, 0.2) is 72.8 Å². The topological polar surface area (TPSA) is 278 Å². The number of carboxylic acids is 2. The van der Waals surface area contributed by atoms with Crippen molar-refractivity contribution >= 4 is 30.0 Å². The fourth-order valence-electron chi connectivity index (χ4n) is 5.49. The monoisotopic (exact) mass is 718 g/mol. The molecule has 0 fully saturated rings. The van der Waals surface area contributed by atoms with Crippen molar-refractivity contribution < 1.29 is 79.3 Å². The van der Waals surface area contributed by atoms with Gasteiger partial charge in [0, 0.05) is 24.5 Å². The number of phenolic OH excluding ortho intramolecular Hbond substituents is 7. The lowest BCUT2D eigenvalue weighted by Crippen LogP contribution is -2.33. The van der Waals surface area contributed by atoms with Crippen molar-refractivity contribution in [3.63, 3.8) is 0 Å². The number of carbonyl (C=O) groups is 4. The van der Waals surface area contributed by atoms with E-state index in [9.17, 15) is 65.1 Å². The number of aliphatic carboxylic acids is 2. The first kappa shape index (κ1) is 36.2. The lowest BCUT2D eigenvalue weighted by Gasteiger charge is -2.22. The van der Waals surface area contributed by atoms with Crippen LogP contribution in [0.5, 0.6) is 46.0 Å². The van der Waals surface area contributed by atoms with E-state index in [1.54, 1.807) is 0 Å². The molecule has 0 radical (unpaired) electrons. The maximum atomic E-state index is 13.9. The summed E-state index contributed by atoms with van der Waals surface area (Å²) in [6, 6.07) is 13.0. The van der Waals surface area contributed by atoms with Crippen LogP contribution in [0.3, 0.4) is 0 Å². The molecule has 1 aliphatic heterocycles. The van der Waals surface area contributed by atoms with Crippen LogP contribution >= 0.6 is 0 Å². The second-order valence-electron chi connectivity index (χ2n) is 11.6. The summed E-state index contributed by atoms with van der Waals surface area (Å²) in [5.41, 5.74) is 0.445. The van der Waals surface area contributed by atoms with E-state index in [-0.39, 0.29) is 40.0 Å². The first-order valence-electron chi connectivity index (χ1n) is 15.2. The molecule has 0 amide bonds. The molecule has 0 unspecified atom stereocenters. The van der Waals surface area contributed by atoms with Gasteiger partial charge in [0.25, 0.3) is 0 Å². The van der Waals surface area contributed by atoms with E-state index >= 15 is 0 Å². The lowest BCUT2D eigenvalue weighted by atomic mass is 9.87. The van der Waals surface area contributed by atoms with Crippen molar-refractivity contribution in [3.05, 3.63) is 101 Å². The summed E-state index contributed by atoms with van der Waals surface area (Å²) in [7, 11) is 0. The molecular formula is C36H30O16. The number of hydrogen-bond acceptors (Lipinski definition) is 14. The van der Waals surface area contributed by atoms with Crippen LogP contribution in [-0.2, 0) is 41.5 Å². The van der Waals surface area contributed by atoms with Gasteiger partial charge in [-0.15, -0.1) is 0 Å². The Kier molecular flexibility index (Phi) is 10.3.